The number of hydrogen-bond acceptors (Lipinski definition) is 5. The molecule has 10 nitrogen and oxygen atoms in total. The van der Waals surface area contributed by atoms with Gasteiger partial charge < -0.3 is 20.0 Å². The number of carbonyl (C=O) groups is 5. The molecule has 10 heteroatoms. The van der Waals surface area contributed by atoms with Crippen LogP contribution in [0, 0.1) is 17.8 Å². The maximum atomic E-state index is 13.6. The SMILES string of the molecule is C=C(CCC1=CC=CC1C[C@H](C)C(=O)N1CCCCC1)CC(=O)N[C@@H](CC(C)C)C(=O)N1CCC[C@H]1C(=O)NC(=O)N(C)C. The summed E-state index contributed by atoms with van der Waals surface area (Å²) in [6.45, 7) is 12.3. The highest BCUT2D eigenvalue weighted by Crippen LogP contribution is 2.31. The largest absolute Gasteiger partial charge is 0.344 e. The topological polar surface area (TPSA) is 119 Å². The van der Waals surface area contributed by atoms with Gasteiger partial charge in [-0.05, 0) is 69.6 Å². The van der Waals surface area contributed by atoms with Gasteiger partial charge in [0.2, 0.25) is 17.7 Å². The summed E-state index contributed by atoms with van der Waals surface area (Å²) >= 11 is 0. The summed E-state index contributed by atoms with van der Waals surface area (Å²) in [4.78, 5) is 69.2. The van der Waals surface area contributed by atoms with E-state index in [0.717, 1.165) is 44.3 Å². The molecule has 0 radical (unpaired) electrons. The van der Waals surface area contributed by atoms with Crippen LogP contribution < -0.4 is 10.6 Å². The lowest BCUT2D eigenvalue weighted by Gasteiger charge is -2.30. The Kier molecular flexibility index (Phi) is 13.2. The molecule has 0 aromatic rings. The highest BCUT2D eigenvalue weighted by molar-refractivity contribution is 5.99. The van der Waals surface area contributed by atoms with Crippen LogP contribution in [-0.2, 0) is 19.2 Å². The van der Waals surface area contributed by atoms with E-state index in [9.17, 15) is 24.0 Å². The highest BCUT2D eigenvalue weighted by atomic mass is 16.2. The third-order valence-corrected chi connectivity index (χ3v) is 8.82. The second kappa shape index (κ2) is 16.6. The fourth-order valence-corrected chi connectivity index (χ4v) is 6.35. The maximum absolute atomic E-state index is 13.6. The molecule has 2 heterocycles. The zero-order chi connectivity index (χ0) is 32.4. The molecular formula is C34H53N5O5. The van der Waals surface area contributed by atoms with E-state index in [4.69, 9.17) is 0 Å². The van der Waals surface area contributed by atoms with Crippen molar-refractivity contribution in [3.05, 3.63) is 36.0 Å². The molecule has 2 aliphatic heterocycles. The Morgan fingerprint density at radius 3 is 2.36 bits per heavy atom. The summed E-state index contributed by atoms with van der Waals surface area (Å²) in [6, 6.07) is -2.04. The summed E-state index contributed by atoms with van der Waals surface area (Å²) < 4.78 is 0. The Balaban J connectivity index is 1.50. The normalized spacial score (nSPS) is 21.1. The van der Waals surface area contributed by atoms with Crippen molar-refractivity contribution in [2.75, 3.05) is 33.7 Å². The molecule has 4 atom stereocenters. The fraction of sp³-hybridized carbons (Fsp3) is 0.676. The van der Waals surface area contributed by atoms with Crippen LogP contribution in [0.1, 0.15) is 85.0 Å². The van der Waals surface area contributed by atoms with Gasteiger partial charge in [0.25, 0.3) is 5.91 Å². The number of allylic oxidation sites excluding steroid dienone is 4. The zero-order valence-electron chi connectivity index (χ0n) is 27.4. The summed E-state index contributed by atoms with van der Waals surface area (Å²) in [5, 5.41) is 5.26. The number of likely N-dealkylation sites (tertiary alicyclic amines) is 2. The second-order valence-electron chi connectivity index (χ2n) is 13.3. The van der Waals surface area contributed by atoms with Gasteiger partial charge in [0.15, 0.2) is 0 Å². The van der Waals surface area contributed by atoms with E-state index in [2.05, 4.69) is 35.4 Å². The van der Waals surface area contributed by atoms with Crippen LogP contribution in [0.5, 0.6) is 0 Å². The van der Waals surface area contributed by atoms with Crippen LogP contribution in [0.3, 0.4) is 0 Å². The Labute approximate surface area is 263 Å². The van der Waals surface area contributed by atoms with Crippen LogP contribution in [0.4, 0.5) is 4.79 Å². The molecule has 0 saturated carbocycles. The van der Waals surface area contributed by atoms with Gasteiger partial charge in [0, 0.05) is 46.1 Å². The lowest BCUT2D eigenvalue weighted by atomic mass is 9.87. The molecule has 3 rings (SSSR count). The fourth-order valence-electron chi connectivity index (χ4n) is 6.35. The summed E-state index contributed by atoms with van der Waals surface area (Å²) in [7, 11) is 3.09. The molecule has 244 valence electrons. The quantitative estimate of drug-likeness (QED) is 0.303. The molecule has 2 N–H and O–H groups in total. The molecular weight excluding hydrogens is 558 g/mol. The van der Waals surface area contributed by atoms with E-state index in [0.29, 0.717) is 32.2 Å². The Bertz CT molecular complexity index is 1140. The molecule has 44 heavy (non-hydrogen) atoms. The molecule has 3 aliphatic rings. The van der Waals surface area contributed by atoms with Crippen molar-refractivity contribution in [3.63, 3.8) is 0 Å². The smallest absolute Gasteiger partial charge is 0.323 e. The predicted octanol–water partition coefficient (Wildman–Crippen LogP) is 4.18. The molecule has 2 saturated heterocycles. The number of nitrogens with one attached hydrogen (secondary N) is 2. The van der Waals surface area contributed by atoms with Crippen molar-refractivity contribution < 1.29 is 24.0 Å². The maximum Gasteiger partial charge on any atom is 0.323 e. The van der Waals surface area contributed by atoms with Gasteiger partial charge >= 0.3 is 6.03 Å². The van der Waals surface area contributed by atoms with E-state index in [1.807, 2.05) is 25.7 Å². The average molecular weight is 612 g/mol. The van der Waals surface area contributed by atoms with Crippen molar-refractivity contribution >= 4 is 29.7 Å². The van der Waals surface area contributed by atoms with E-state index < -0.39 is 24.0 Å². The number of urea groups is 1. The van der Waals surface area contributed by atoms with Crippen LogP contribution in [-0.4, -0.2) is 90.2 Å². The standard InChI is InChI=1S/C34H53N5O5/c1-23(2)20-28(33(43)39-19-11-14-29(39)31(41)36-34(44)37(5)6)35-30(40)21-24(3)15-16-26-12-10-13-27(26)22-25(4)32(42)38-17-8-7-9-18-38/h10,12-13,23,25,27-29H,3,7-9,11,14-22H2,1-2,4-6H3,(H,35,40)(H,36,41,44)/t25-,27?,28-,29-/m0/s1. The zero-order valence-corrected chi connectivity index (χ0v) is 27.4. The first-order valence-electron chi connectivity index (χ1n) is 16.3. The van der Waals surface area contributed by atoms with Gasteiger partial charge in [-0.1, -0.05) is 56.7 Å². The molecule has 0 aromatic carbocycles. The van der Waals surface area contributed by atoms with E-state index in [1.165, 1.54) is 21.8 Å². The number of amides is 6. The average Bonchev–Trinajstić information content (AvgIpc) is 3.65. The minimum absolute atomic E-state index is 0.0385. The first kappa shape index (κ1) is 35.1. The van der Waals surface area contributed by atoms with E-state index in [1.54, 1.807) is 14.1 Å². The van der Waals surface area contributed by atoms with Gasteiger partial charge in [-0.2, -0.15) is 0 Å². The van der Waals surface area contributed by atoms with Crippen LogP contribution in [0.25, 0.3) is 0 Å². The third kappa shape index (κ3) is 10.1. The Morgan fingerprint density at radius 1 is 1.00 bits per heavy atom. The monoisotopic (exact) mass is 611 g/mol. The summed E-state index contributed by atoms with van der Waals surface area (Å²) in [5.41, 5.74) is 2.03. The van der Waals surface area contributed by atoms with E-state index in [-0.39, 0.29) is 41.9 Å². The number of hydrogen-bond donors (Lipinski definition) is 2. The van der Waals surface area contributed by atoms with Crippen LogP contribution in [0.15, 0.2) is 36.0 Å². The van der Waals surface area contributed by atoms with Crippen molar-refractivity contribution in [3.8, 4) is 0 Å². The van der Waals surface area contributed by atoms with Crippen LogP contribution >= 0.6 is 0 Å². The molecule has 0 bridgehead atoms. The lowest BCUT2D eigenvalue weighted by molar-refractivity contribution is -0.141. The minimum atomic E-state index is -0.765. The molecule has 0 aromatic heterocycles. The number of piperidine rings is 1. The number of rotatable bonds is 13. The van der Waals surface area contributed by atoms with Crippen LogP contribution in [0.2, 0.25) is 0 Å². The minimum Gasteiger partial charge on any atom is -0.344 e. The third-order valence-electron chi connectivity index (χ3n) is 8.82. The predicted molar refractivity (Wildman–Crippen MR) is 171 cm³/mol. The molecule has 2 fully saturated rings. The Hall–Kier alpha value is -3.43. The second-order valence-corrected chi connectivity index (χ2v) is 13.3. The first-order chi connectivity index (χ1) is 20.9. The van der Waals surface area contributed by atoms with Crippen molar-refractivity contribution in [2.45, 2.75) is 97.1 Å². The molecule has 0 spiro atoms. The van der Waals surface area contributed by atoms with Gasteiger partial charge in [-0.3, -0.25) is 24.5 Å². The summed E-state index contributed by atoms with van der Waals surface area (Å²) in [6.07, 6.45) is 13.6. The number of carbonyl (C=O) groups excluding carboxylic acids is 5. The van der Waals surface area contributed by atoms with E-state index >= 15 is 0 Å². The van der Waals surface area contributed by atoms with Crippen molar-refractivity contribution in [1.82, 2.24) is 25.3 Å². The van der Waals surface area contributed by atoms with Gasteiger partial charge in [0.1, 0.15) is 12.1 Å². The first-order valence-corrected chi connectivity index (χ1v) is 16.3. The van der Waals surface area contributed by atoms with Crippen molar-refractivity contribution in [1.29, 1.82) is 0 Å². The van der Waals surface area contributed by atoms with Gasteiger partial charge in [-0.15, -0.1) is 0 Å². The number of imide groups is 1. The van der Waals surface area contributed by atoms with Gasteiger partial charge in [-0.25, -0.2) is 4.79 Å². The number of nitrogens with zero attached hydrogens (tertiary/aromatic N) is 3. The van der Waals surface area contributed by atoms with Crippen molar-refractivity contribution in [2.24, 2.45) is 17.8 Å². The Morgan fingerprint density at radius 2 is 1.70 bits per heavy atom. The highest BCUT2D eigenvalue weighted by Gasteiger charge is 2.38. The molecule has 6 amide bonds. The lowest BCUT2D eigenvalue weighted by Crippen LogP contribution is -2.55. The molecule has 1 unspecified atom stereocenters. The van der Waals surface area contributed by atoms with Gasteiger partial charge in [0.05, 0.1) is 0 Å². The summed E-state index contributed by atoms with van der Waals surface area (Å²) in [5.74, 6) is -0.509. The molecule has 1 aliphatic carbocycles.